The molecule has 0 aromatic rings. The lowest BCUT2D eigenvalue weighted by atomic mass is 10.4. The minimum absolute atomic E-state index is 0.180. The van der Waals surface area contributed by atoms with Gasteiger partial charge in [-0.2, -0.15) is 0 Å². The molecule has 0 rings (SSSR count). The van der Waals surface area contributed by atoms with Gasteiger partial charge in [-0.05, 0) is 6.92 Å². The first-order valence-corrected chi connectivity index (χ1v) is 3.16. The van der Waals surface area contributed by atoms with Gasteiger partial charge in [0.1, 0.15) is 13.2 Å². The molecule has 4 nitrogen and oxygen atoms in total. The monoisotopic (exact) mass is 160 g/mol. The summed E-state index contributed by atoms with van der Waals surface area (Å²) in [7, 11) is 1.39. The molecule has 0 radical (unpaired) electrons. The van der Waals surface area contributed by atoms with Crippen molar-refractivity contribution in [3.05, 3.63) is 12.2 Å². The summed E-state index contributed by atoms with van der Waals surface area (Å²) >= 11 is 0. The van der Waals surface area contributed by atoms with Gasteiger partial charge in [0, 0.05) is 5.57 Å². The van der Waals surface area contributed by atoms with Crippen LogP contribution in [0.15, 0.2) is 12.2 Å². The van der Waals surface area contributed by atoms with Crippen LogP contribution in [0.5, 0.6) is 0 Å². The first-order chi connectivity index (χ1) is 5.18. The molecule has 0 aliphatic carbocycles. The Kier molecular flexibility index (Phi) is 5.42. The van der Waals surface area contributed by atoms with E-state index in [1.807, 2.05) is 0 Å². The zero-order valence-electron chi connectivity index (χ0n) is 6.75. The van der Waals surface area contributed by atoms with Crippen LogP contribution in [0, 0.1) is 0 Å². The Morgan fingerprint density at radius 2 is 2.09 bits per heavy atom. The molecule has 0 spiro atoms. The lowest BCUT2D eigenvalue weighted by Crippen LogP contribution is -2.10. The van der Waals surface area contributed by atoms with E-state index in [1.54, 1.807) is 6.92 Å². The maximum atomic E-state index is 10.7. The maximum absolute atomic E-state index is 10.7. The van der Waals surface area contributed by atoms with Crippen molar-refractivity contribution in [2.75, 3.05) is 20.3 Å². The average molecular weight is 160 g/mol. The summed E-state index contributed by atoms with van der Waals surface area (Å²) in [6.45, 7) is 5.40. The Balaban J connectivity index is 3.25. The average Bonchev–Trinajstić information content (AvgIpc) is 1.97. The Bertz CT molecular complexity index is 141. The molecule has 0 saturated heterocycles. The predicted octanol–water partition coefficient (Wildman–Crippen LogP) is 0.684. The van der Waals surface area contributed by atoms with E-state index in [0.29, 0.717) is 5.57 Å². The molecular weight excluding hydrogens is 148 g/mol. The van der Waals surface area contributed by atoms with Crippen LogP contribution in [0.25, 0.3) is 0 Å². The van der Waals surface area contributed by atoms with Crippen molar-refractivity contribution in [3.63, 3.8) is 0 Å². The first kappa shape index (κ1) is 10.1. The molecule has 0 amide bonds. The van der Waals surface area contributed by atoms with Gasteiger partial charge in [0.15, 0.2) is 0 Å². The standard InChI is InChI=1S/C7H12O4/c1-6(2)7(8)10-4-5-11-9-3/h1,4-5H2,2-3H3. The summed E-state index contributed by atoms with van der Waals surface area (Å²) in [4.78, 5) is 19.4. The molecule has 0 heterocycles. The van der Waals surface area contributed by atoms with Crippen LogP contribution in [-0.4, -0.2) is 26.3 Å². The quantitative estimate of drug-likeness (QED) is 0.195. The van der Waals surface area contributed by atoms with E-state index < -0.39 is 5.97 Å². The van der Waals surface area contributed by atoms with Crippen molar-refractivity contribution < 1.29 is 19.3 Å². The van der Waals surface area contributed by atoms with Crippen LogP contribution in [0.3, 0.4) is 0 Å². The van der Waals surface area contributed by atoms with Crippen LogP contribution in [0.4, 0.5) is 0 Å². The molecule has 0 N–H and O–H groups in total. The number of carbonyl (C=O) groups is 1. The van der Waals surface area contributed by atoms with Crippen LogP contribution >= 0.6 is 0 Å². The highest BCUT2D eigenvalue weighted by Crippen LogP contribution is 1.91. The zero-order chi connectivity index (χ0) is 8.69. The van der Waals surface area contributed by atoms with Crippen LogP contribution in [0.2, 0.25) is 0 Å². The molecule has 4 heteroatoms. The van der Waals surface area contributed by atoms with Gasteiger partial charge in [0.25, 0.3) is 0 Å². The van der Waals surface area contributed by atoms with Crippen molar-refractivity contribution >= 4 is 5.97 Å². The third-order valence-electron chi connectivity index (χ3n) is 0.866. The largest absolute Gasteiger partial charge is 0.460 e. The van der Waals surface area contributed by atoms with Gasteiger partial charge in [-0.15, -0.1) is 0 Å². The van der Waals surface area contributed by atoms with Gasteiger partial charge >= 0.3 is 5.97 Å². The second-order valence-electron chi connectivity index (χ2n) is 1.90. The maximum Gasteiger partial charge on any atom is 0.333 e. The summed E-state index contributed by atoms with van der Waals surface area (Å²) in [6.07, 6.45) is 0. The summed E-state index contributed by atoms with van der Waals surface area (Å²) in [5.41, 5.74) is 0.377. The molecule has 0 unspecified atom stereocenters. The molecule has 0 bridgehead atoms. The Hall–Kier alpha value is -0.870. The fourth-order valence-corrected chi connectivity index (χ4v) is 0.375. The van der Waals surface area contributed by atoms with Crippen LogP contribution in [-0.2, 0) is 19.3 Å². The van der Waals surface area contributed by atoms with Gasteiger partial charge in [-0.25, -0.2) is 14.6 Å². The van der Waals surface area contributed by atoms with Crippen molar-refractivity contribution in [1.82, 2.24) is 0 Å². The van der Waals surface area contributed by atoms with E-state index >= 15 is 0 Å². The van der Waals surface area contributed by atoms with Gasteiger partial charge in [-0.1, -0.05) is 6.58 Å². The molecule has 11 heavy (non-hydrogen) atoms. The predicted molar refractivity (Wildman–Crippen MR) is 38.7 cm³/mol. The number of rotatable bonds is 5. The summed E-state index contributed by atoms with van der Waals surface area (Å²) in [5, 5.41) is 0. The highest BCUT2D eigenvalue weighted by molar-refractivity contribution is 5.86. The second-order valence-corrected chi connectivity index (χ2v) is 1.90. The lowest BCUT2D eigenvalue weighted by Gasteiger charge is -2.02. The highest BCUT2D eigenvalue weighted by Gasteiger charge is 2.01. The molecule has 0 saturated carbocycles. The number of esters is 1. The molecule has 0 fully saturated rings. The van der Waals surface area contributed by atoms with Crippen LogP contribution in [0.1, 0.15) is 6.92 Å². The summed E-state index contributed by atoms with van der Waals surface area (Å²) in [6, 6.07) is 0. The topological polar surface area (TPSA) is 44.8 Å². The fraction of sp³-hybridized carbons (Fsp3) is 0.571. The van der Waals surface area contributed by atoms with Crippen molar-refractivity contribution in [2.24, 2.45) is 0 Å². The molecule has 0 aliphatic heterocycles. The van der Waals surface area contributed by atoms with Crippen molar-refractivity contribution in [1.29, 1.82) is 0 Å². The summed E-state index contributed by atoms with van der Waals surface area (Å²) < 4.78 is 4.66. The second kappa shape index (κ2) is 5.88. The zero-order valence-corrected chi connectivity index (χ0v) is 6.75. The van der Waals surface area contributed by atoms with Crippen LogP contribution < -0.4 is 0 Å². The van der Waals surface area contributed by atoms with Gasteiger partial charge in [-0.3, -0.25) is 0 Å². The lowest BCUT2D eigenvalue weighted by molar-refractivity contribution is -0.276. The molecule has 64 valence electrons. The minimum atomic E-state index is -0.412. The Labute approximate surface area is 65.7 Å². The third kappa shape index (κ3) is 5.57. The van der Waals surface area contributed by atoms with Gasteiger partial charge in [0.2, 0.25) is 0 Å². The van der Waals surface area contributed by atoms with Gasteiger partial charge in [0.05, 0.1) is 7.11 Å². The summed E-state index contributed by atoms with van der Waals surface area (Å²) in [5.74, 6) is -0.412. The van der Waals surface area contributed by atoms with Gasteiger partial charge < -0.3 is 4.74 Å². The normalized spacial score (nSPS) is 9.27. The number of hydrogen-bond donors (Lipinski definition) is 0. The van der Waals surface area contributed by atoms with E-state index in [2.05, 4.69) is 21.1 Å². The molecular formula is C7H12O4. The Morgan fingerprint density at radius 1 is 1.45 bits per heavy atom. The van der Waals surface area contributed by atoms with Crippen molar-refractivity contribution in [3.8, 4) is 0 Å². The number of hydrogen-bond acceptors (Lipinski definition) is 4. The molecule has 0 aromatic carbocycles. The Morgan fingerprint density at radius 3 is 2.55 bits per heavy atom. The molecule has 0 atom stereocenters. The SMILES string of the molecule is C=C(C)C(=O)OCCOOC. The van der Waals surface area contributed by atoms with E-state index in [1.165, 1.54) is 7.11 Å². The number of ether oxygens (including phenoxy) is 1. The minimum Gasteiger partial charge on any atom is -0.460 e. The number of carbonyl (C=O) groups excluding carboxylic acids is 1. The van der Waals surface area contributed by atoms with Crippen molar-refractivity contribution in [2.45, 2.75) is 6.92 Å². The van der Waals surface area contributed by atoms with E-state index in [-0.39, 0.29) is 13.2 Å². The smallest absolute Gasteiger partial charge is 0.333 e. The van der Waals surface area contributed by atoms with E-state index in [9.17, 15) is 4.79 Å². The first-order valence-electron chi connectivity index (χ1n) is 3.16. The molecule has 0 aromatic heterocycles. The fourth-order valence-electron chi connectivity index (χ4n) is 0.375. The van der Waals surface area contributed by atoms with E-state index in [4.69, 9.17) is 0 Å². The van der Waals surface area contributed by atoms with E-state index in [0.717, 1.165) is 0 Å². The highest BCUT2D eigenvalue weighted by atomic mass is 17.2. The third-order valence-corrected chi connectivity index (χ3v) is 0.866. The molecule has 0 aliphatic rings.